The standard InChI is InChI=1S/C17H26N2O2.ClH/c1-13(12-18)11-16(20)19-9-7-15(8-10-19)17(21)14-5-3-2-4-6-14;/h2-6,13,15,17,21H,7-12,18H2,1H3;1H. The summed E-state index contributed by atoms with van der Waals surface area (Å²) in [6.07, 6.45) is 1.83. The SMILES string of the molecule is CC(CN)CC(=O)N1CCC(C(O)c2ccccc2)CC1.Cl. The first kappa shape index (κ1) is 18.9. The third-order valence-electron chi connectivity index (χ3n) is 4.41. The number of nitrogens with zero attached hydrogens (tertiary/aromatic N) is 1. The fraction of sp³-hybridized carbons (Fsp3) is 0.588. The molecule has 1 saturated heterocycles. The van der Waals surface area contributed by atoms with Crippen molar-refractivity contribution in [3.05, 3.63) is 35.9 Å². The maximum absolute atomic E-state index is 12.1. The molecule has 22 heavy (non-hydrogen) atoms. The van der Waals surface area contributed by atoms with Gasteiger partial charge in [-0.2, -0.15) is 0 Å². The highest BCUT2D eigenvalue weighted by Gasteiger charge is 2.28. The van der Waals surface area contributed by atoms with Crippen LogP contribution in [0.4, 0.5) is 0 Å². The van der Waals surface area contributed by atoms with Gasteiger partial charge in [0.15, 0.2) is 0 Å². The van der Waals surface area contributed by atoms with E-state index in [9.17, 15) is 9.90 Å². The van der Waals surface area contributed by atoms with Crippen molar-refractivity contribution in [2.24, 2.45) is 17.6 Å². The van der Waals surface area contributed by atoms with Crippen LogP contribution in [-0.2, 0) is 4.79 Å². The highest BCUT2D eigenvalue weighted by molar-refractivity contribution is 5.85. The van der Waals surface area contributed by atoms with E-state index in [4.69, 9.17) is 5.73 Å². The summed E-state index contributed by atoms with van der Waals surface area (Å²) in [5.74, 6) is 0.675. The molecule has 0 spiro atoms. The van der Waals surface area contributed by atoms with Crippen molar-refractivity contribution in [2.75, 3.05) is 19.6 Å². The molecule has 124 valence electrons. The Balaban J connectivity index is 0.00000242. The van der Waals surface area contributed by atoms with Crippen molar-refractivity contribution >= 4 is 18.3 Å². The summed E-state index contributed by atoms with van der Waals surface area (Å²) >= 11 is 0. The summed E-state index contributed by atoms with van der Waals surface area (Å²) in [4.78, 5) is 14.0. The van der Waals surface area contributed by atoms with Gasteiger partial charge in [0.05, 0.1) is 6.10 Å². The van der Waals surface area contributed by atoms with Gasteiger partial charge in [0, 0.05) is 19.5 Å². The van der Waals surface area contributed by atoms with Crippen LogP contribution in [0.3, 0.4) is 0 Å². The number of benzene rings is 1. The van der Waals surface area contributed by atoms with E-state index in [0.29, 0.717) is 13.0 Å². The number of amides is 1. The quantitative estimate of drug-likeness (QED) is 0.873. The van der Waals surface area contributed by atoms with Gasteiger partial charge in [-0.1, -0.05) is 37.3 Å². The van der Waals surface area contributed by atoms with Crippen LogP contribution in [0, 0.1) is 11.8 Å². The second kappa shape index (κ2) is 9.13. The van der Waals surface area contributed by atoms with Crippen LogP contribution in [0.2, 0.25) is 0 Å². The normalized spacial score (nSPS) is 18.4. The van der Waals surface area contributed by atoms with Gasteiger partial charge in [0.1, 0.15) is 0 Å². The van der Waals surface area contributed by atoms with E-state index in [-0.39, 0.29) is 30.2 Å². The smallest absolute Gasteiger partial charge is 0.222 e. The molecular weight excluding hydrogens is 300 g/mol. The summed E-state index contributed by atoms with van der Waals surface area (Å²) in [5.41, 5.74) is 6.54. The summed E-state index contributed by atoms with van der Waals surface area (Å²) in [6.45, 7) is 4.04. The predicted molar refractivity (Wildman–Crippen MR) is 90.8 cm³/mol. The minimum atomic E-state index is -0.425. The molecule has 3 N–H and O–H groups in total. The topological polar surface area (TPSA) is 66.6 Å². The Morgan fingerprint density at radius 1 is 1.32 bits per heavy atom. The average Bonchev–Trinajstić information content (AvgIpc) is 2.55. The van der Waals surface area contributed by atoms with Gasteiger partial charge in [-0.05, 0) is 36.8 Å². The van der Waals surface area contributed by atoms with Crippen LogP contribution < -0.4 is 5.73 Å². The number of hydrogen-bond donors (Lipinski definition) is 2. The van der Waals surface area contributed by atoms with E-state index in [1.165, 1.54) is 0 Å². The first-order valence-electron chi connectivity index (χ1n) is 7.82. The fourth-order valence-electron chi connectivity index (χ4n) is 2.90. The molecule has 2 atom stereocenters. The molecule has 1 fully saturated rings. The molecular formula is C17H27ClN2O2. The molecule has 0 radical (unpaired) electrons. The number of aliphatic hydroxyl groups excluding tert-OH is 1. The van der Waals surface area contributed by atoms with Gasteiger partial charge in [-0.15, -0.1) is 12.4 Å². The second-order valence-corrected chi connectivity index (χ2v) is 6.12. The van der Waals surface area contributed by atoms with Crippen LogP contribution >= 0.6 is 12.4 Å². The zero-order chi connectivity index (χ0) is 15.2. The van der Waals surface area contributed by atoms with E-state index in [1.807, 2.05) is 42.2 Å². The maximum Gasteiger partial charge on any atom is 0.222 e. The number of rotatable bonds is 5. The van der Waals surface area contributed by atoms with Gasteiger partial charge in [-0.3, -0.25) is 4.79 Å². The Morgan fingerprint density at radius 3 is 2.45 bits per heavy atom. The lowest BCUT2D eigenvalue weighted by Crippen LogP contribution is -2.40. The monoisotopic (exact) mass is 326 g/mol. The zero-order valence-corrected chi connectivity index (χ0v) is 14.0. The van der Waals surface area contributed by atoms with Crippen molar-refractivity contribution in [1.29, 1.82) is 0 Å². The molecule has 1 amide bonds. The maximum atomic E-state index is 12.1. The Labute approximate surface area is 139 Å². The lowest BCUT2D eigenvalue weighted by molar-refractivity contribution is -0.134. The summed E-state index contributed by atoms with van der Waals surface area (Å²) in [5, 5.41) is 10.4. The lowest BCUT2D eigenvalue weighted by Gasteiger charge is -2.34. The fourth-order valence-corrected chi connectivity index (χ4v) is 2.90. The second-order valence-electron chi connectivity index (χ2n) is 6.12. The van der Waals surface area contributed by atoms with E-state index in [1.54, 1.807) is 0 Å². The highest BCUT2D eigenvalue weighted by atomic mass is 35.5. The largest absolute Gasteiger partial charge is 0.388 e. The molecule has 5 heteroatoms. The van der Waals surface area contributed by atoms with Crippen molar-refractivity contribution in [3.63, 3.8) is 0 Å². The number of nitrogens with two attached hydrogens (primary N) is 1. The molecule has 0 aromatic heterocycles. The van der Waals surface area contributed by atoms with E-state index < -0.39 is 6.10 Å². The summed E-state index contributed by atoms with van der Waals surface area (Å²) in [7, 11) is 0. The third-order valence-corrected chi connectivity index (χ3v) is 4.41. The molecule has 0 aliphatic carbocycles. The van der Waals surface area contributed by atoms with Crippen LogP contribution in [-0.4, -0.2) is 35.5 Å². The van der Waals surface area contributed by atoms with Gasteiger partial charge in [0.2, 0.25) is 5.91 Å². The Kier molecular flexibility index (Phi) is 7.87. The van der Waals surface area contributed by atoms with Crippen molar-refractivity contribution in [2.45, 2.75) is 32.3 Å². The minimum absolute atomic E-state index is 0. The number of aliphatic hydroxyl groups is 1. The minimum Gasteiger partial charge on any atom is -0.388 e. The number of halogens is 1. The number of likely N-dealkylation sites (tertiary alicyclic amines) is 1. The van der Waals surface area contributed by atoms with Crippen LogP contribution in [0.5, 0.6) is 0 Å². The van der Waals surface area contributed by atoms with Gasteiger partial charge >= 0.3 is 0 Å². The van der Waals surface area contributed by atoms with Crippen LogP contribution in [0.25, 0.3) is 0 Å². The molecule has 2 rings (SSSR count). The molecule has 1 aliphatic heterocycles. The van der Waals surface area contributed by atoms with Crippen LogP contribution in [0.1, 0.15) is 37.9 Å². The number of carbonyl (C=O) groups is 1. The van der Waals surface area contributed by atoms with Crippen molar-refractivity contribution < 1.29 is 9.90 Å². The van der Waals surface area contributed by atoms with Crippen molar-refractivity contribution in [1.82, 2.24) is 4.90 Å². The number of carbonyl (C=O) groups excluding carboxylic acids is 1. The Hall–Kier alpha value is -1.10. The zero-order valence-electron chi connectivity index (χ0n) is 13.1. The Bertz CT molecular complexity index is 447. The molecule has 1 heterocycles. The molecule has 0 saturated carbocycles. The molecule has 1 aromatic carbocycles. The van der Waals surface area contributed by atoms with Gasteiger partial charge in [-0.25, -0.2) is 0 Å². The van der Waals surface area contributed by atoms with Crippen molar-refractivity contribution in [3.8, 4) is 0 Å². The molecule has 2 unspecified atom stereocenters. The third kappa shape index (κ3) is 4.97. The Morgan fingerprint density at radius 2 is 1.91 bits per heavy atom. The van der Waals surface area contributed by atoms with E-state index in [2.05, 4.69) is 0 Å². The highest BCUT2D eigenvalue weighted by Crippen LogP contribution is 2.30. The number of hydrogen-bond acceptors (Lipinski definition) is 3. The summed E-state index contributed by atoms with van der Waals surface area (Å²) in [6, 6.07) is 9.78. The first-order chi connectivity index (χ1) is 10.1. The van der Waals surface area contributed by atoms with Gasteiger partial charge in [0.25, 0.3) is 0 Å². The molecule has 1 aromatic rings. The summed E-state index contributed by atoms with van der Waals surface area (Å²) < 4.78 is 0. The van der Waals surface area contributed by atoms with E-state index in [0.717, 1.165) is 31.5 Å². The van der Waals surface area contributed by atoms with E-state index >= 15 is 0 Å². The molecule has 4 nitrogen and oxygen atoms in total. The predicted octanol–water partition coefficient (Wildman–Crippen LogP) is 2.37. The molecule has 1 aliphatic rings. The average molecular weight is 327 g/mol. The first-order valence-corrected chi connectivity index (χ1v) is 7.82. The number of piperidine rings is 1. The molecule has 0 bridgehead atoms. The lowest BCUT2D eigenvalue weighted by atomic mass is 9.87. The van der Waals surface area contributed by atoms with Gasteiger partial charge < -0.3 is 15.7 Å². The van der Waals surface area contributed by atoms with Crippen LogP contribution in [0.15, 0.2) is 30.3 Å².